The molecule has 1 unspecified atom stereocenters. The molecule has 1 aromatic carbocycles. The molecule has 0 fully saturated rings. The highest BCUT2D eigenvalue weighted by atomic mass is 79.9. The summed E-state index contributed by atoms with van der Waals surface area (Å²) in [6.07, 6.45) is 0. The van der Waals surface area contributed by atoms with Crippen LogP contribution in [0.15, 0.2) is 18.2 Å². The monoisotopic (exact) mass is 295 g/mol. The highest BCUT2D eigenvalue weighted by Gasteiger charge is 2.17. The highest BCUT2D eigenvalue weighted by Crippen LogP contribution is 2.16. The molecule has 5 heteroatoms. The van der Waals surface area contributed by atoms with Crippen molar-refractivity contribution >= 4 is 27.7 Å². The maximum Gasteiger partial charge on any atom is 0.339 e. The first kappa shape index (κ1) is 13.4. The van der Waals surface area contributed by atoms with Crippen LogP contribution < -0.4 is 0 Å². The van der Waals surface area contributed by atoms with E-state index in [2.05, 4.69) is 20.7 Å². The highest BCUT2D eigenvalue weighted by molar-refractivity contribution is 9.10. The number of benzene rings is 1. The zero-order chi connectivity index (χ0) is 13.0. The van der Waals surface area contributed by atoms with Crippen LogP contribution in [0.2, 0.25) is 0 Å². The van der Waals surface area contributed by atoms with E-state index in [9.17, 15) is 9.59 Å². The number of carbonyl (C=O) groups is 2. The van der Waals surface area contributed by atoms with Gasteiger partial charge in [-0.25, -0.2) is 4.79 Å². The van der Waals surface area contributed by atoms with E-state index in [1.807, 2.05) is 6.07 Å². The zero-order valence-corrected chi connectivity index (χ0v) is 10.9. The van der Waals surface area contributed by atoms with Gasteiger partial charge in [-0.1, -0.05) is 22.0 Å². The molecule has 1 rings (SSSR count). The predicted octanol–water partition coefficient (Wildman–Crippen LogP) is 2.31. The topological polar surface area (TPSA) is 67.2 Å². The average molecular weight is 296 g/mol. The van der Waals surface area contributed by atoms with Crippen molar-refractivity contribution in [3.63, 3.8) is 0 Å². The molecule has 17 heavy (non-hydrogen) atoms. The molecule has 4 nitrogen and oxygen atoms in total. The van der Waals surface area contributed by atoms with Gasteiger partial charge in [0.25, 0.3) is 0 Å². The normalized spacial score (nSPS) is 11.4. The lowest BCUT2D eigenvalue weighted by Crippen LogP contribution is -2.12. The smallest absolute Gasteiger partial charge is 0.339 e. The SMILES string of the molecule is COC(=O)c1ccc(C(=O)C(C)Br)cc1C#N. The molecule has 0 N–H and O–H groups in total. The number of methoxy groups -OCH3 is 1. The Morgan fingerprint density at radius 2 is 2.12 bits per heavy atom. The molecule has 1 aromatic rings. The van der Waals surface area contributed by atoms with Gasteiger partial charge in [0.2, 0.25) is 0 Å². The third-order valence-electron chi connectivity index (χ3n) is 2.19. The van der Waals surface area contributed by atoms with Gasteiger partial charge < -0.3 is 4.74 Å². The van der Waals surface area contributed by atoms with Crippen LogP contribution in [0.25, 0.3) is 0 Å². The number of carbonyl (C=O) groups excluding carboxylic acids is 2. The minimum atomic E-state index is -0.590. The van der Waals surface area contributed by atoms with E-state index < -0.39 is 5.97 Å². The fourth-order valence-electron chi connectivity index (χ4n) is 1.31. The molecule has 0 saturated carbocycles. The molecule has 0 heterocycles. The predicted molar refractivity (Wildman–Crippen MR) is 65.2 cm³/mol. The Hall–Kier alpha value is -1.67. The molecule has 0 saturated heterocycles. The molecule has 0 aromatic heterocycles. The van der Waals surface area contributed by atoms with E-state index >= 15 is 0 Å². The van der Waals surface area contributed by atoms with Crippen molar-refractivity contribution in [2.75, 3.05) is 7.11 Å². The Morgan fingerprint density at radius 1 is 1.47 bits per heavy atom. The second-order valence-corrected chi connectivity index (χ2v) is 4.72. The van der Waals surface area contributed by atoms with E-state index in [-0.39, 0.29) is 21.7 Å². The minimum absolute atomic E-state index is 0.135. The summed E-state index contributed by atoms with van der Waals surface area (Å²) < 4.78 is 4.54. The number of ether oxygens (including phenoxy) is 1. The van der Waals surface area contributed by atoms with E-state index in [4.69, 9.17) is 5.26 Å². The number of halogens is 1. The van der Waals surface area contributed by atoms with Gasteiger partial charge in [-0.2, -0.15) is 5.26 Å². The summed E-state index contributed by atoms with van der Waals surface area (Å²) in [5.41, 5.74) is 0.684. The second-order valence-electron chi connectivity index (χ2n) is 3.34. The standard InChI is InChI=1S/C12H10BrNO3/c1-7(13)11(15)8-3-4-10(12(16)17-2)9(5-8)6-14/h3-5,7H,1-2H3. The van der Waals surface area contributed by atoms with Gasteiger partial charge in [0.05, 0.1) is 23.1 Å². The van der Waals surface area contributed by atoms with Crippen LogP contribution in [-0.4, -0.2) is 23.7 Å². The first-order valence-corrected chi connectivity index (χ1v) is 5.73. The minimum Gasteiger partial charge on any atom is -0.465 e. The number of hydrogen-bond donors (Lipinski definition) is 0. The van der Waals surface area contributed by atoms with Crippen molar-refractivity contribution < 1.29 is 14.3 Å². The third-order valence-corrected chi connectivity index (χ3v) is 2.61. The number of hydrogen-bond acceptors (Lipinski definition) is 4. The quantitative estimate of drug-likeness (QED) is 0.487. The molecule has 1 atom stereocenters. The van der Waals surface area contributed by atoms with E-state index in [1.165, 1.54) is 25.3 Å². The van der Waals surface area contributed by atoms with Crippen molar-refractivity contribution in [1.82, 2.24) is 0 Å². The number of nitrogens with zero attached hydrogens (tertiary/aromatic N) is 1. The van der Waals surface area contributed by atoms with Crippen LogP contribution in [0.5, 0.6) is 0 Å². The fourth-order valence-corrected chi connectivity index (χ4v) is 1.57. The zero-order valence-electron chi connectivity index (χ0n) is 9.36. The van der Waals surface area contributed by atoms with E-state index in [1.54, 1.807) is 6.92 Å². The molecular formula is C12H10BrNO3. The van der Waals surface area contributed by atoms with Gasteiger partial charge in [0, 0.05) is 5.56 Å². The fraction of sp³-hybridized carbons (Fsp3) is 0.250. The lowest BCUT2D eigenvalue weighted by atomic mass is 10.0. The Balaban J connectivity index is 3.23. The van der Waals surface area contributed by atoms with Gasteiger partial charge in [-0.15, -0.1) is 0 Å². The number of nitriles is 1. The van der Waals surface area contributed by atoms with Crippen LogP contribution in [0.4, 0.5) is 0 Å². The molecule has 0 amide bonds. The van der Waals surface area contributed by atoms with Crippen LogP contribution in [0, 0.1) is 11.3 Å². The number of esters is 1. The summed E-state index contributed by atoms with van der Waals surface area (Å²) in [4.78, 5) is 22.7. The van der Waals surface area contributed by atoms with Crippen LogP contribution >= 0.6 is 15.9 Å². The van der Waals surface area contributed by atoms with Gasteiger partial charge >= 0.3 is 5.97 Å². The molecule has 0 aliphatic heterocycles. The first-order valence-electron chi connectivity index (χ1n) is 4.82. The molecular weight excluding hydrogens is 286 g/mol. The Labute approximate surface area is 107 Å². The summed E-state index contributed by atoms with van der Waals surface area (Å²) in [5, 5.41) is 8.93. The Kier molecular flexibility index (Phi) is 4.41. The maximum absolute atomic E-state index is 11.7. The van der Waals surface area contributed by atoms with E-state index in [0.717, 1.165) is 0 Å². The Bertz CT molecular complexity index is 503. The van der Waals surface area contributed by atoms with Crippen molar-refractivity contribution in [3.05, 3.63) is 34.9 Å². The van der Waals surface area contributed by atoms with E-state index in [0.29, 0.717) is 5.56 Å². The maximum atomic E-state index is 11.7. The molecule has 0 aliphatic carbocycles. The second kappa shape index (κ2) is 5.60. The van der Waals surface area contributed by atoms with Crippen molar-refractivity contribution in [2.45, 2.75) is 11.8 Å². The van der Waals surface area contributed by atoms with Gasteiger partial charge in [0.15, 0.2) is 5.78 Å². The van der Waals surface area contributed by atoms with Crippen LogP contribution in [-0.2, 0) is 4.74 Å². The molecule has 0 aliphatic rings. The first-order chi connectivity index (χ1) is 8.01. The molecule has 0 spiro atoms. The van der Waals surface area contributed by atoms with Gasteiger partial charge in [0.1, 0.15) is 6.07 Å². The van der Waals surface area contributed by atoms with Crippen LogP contribution in [0.1, 0.15) is 33.2 Å². The summed E-state index contributed by atoms with van der Waals surface area (Å²) in [6.45, 7) is 1.70. The lowest BCUT2D eigenvalue weighted by Gasteiger charge is -2.06. The van der Waals surface area contributed by atoms with Crippen molar-refractivity contribution in [3.8, 4) is 6.07 Å². The molecule has 0 bridgehead atoms. The van der Waals surface area contributed by atoms with Gasteiger partial charge in [-0.05, 0) is 19.1 Å². The number of ketones is 1. The van der Waals surface area contributed by atoms with Gasteiger partial charge in [-0.3, -0.25) is 4.79 Å². The summed E-state index contributed by atoms with van der Waals surface area (Å²) in [6, 6.07) is 6.20. The van der Waals surface area contributed by atoms with Crippen molar-refractivity contribution in [1.29, 1.82) is 5.26 Å². The Morgan fingerprint density at radius 3 is 2.59 bits per heavy atom. The molecule has 0 radical (unpaired) electrons. The number of Topliss-reactive ketones (excluding diaryl/α,β-unsaturated/α-hetero) is 1. The summed E-state index contributed by atoms with van der Waals surface area (Å²) >= 11 is 3.16. The van der Waals surface area contributed by atoms with Crippen LogP contribution in [0.3, 0.4) is 0 Å². The largest absolute Gasteiger partial charge is 0.465 e. The third kappa shape index (κ3) is 2.92. The summed E-state index contributed by atoms with van der Waals surface area (Å²) in [5.74, 6) is -0.731. The number of alkyl halides is 1. The van der Waals surface area contributed by atoms with Crippen molar-refractivity contribution in [2.24, 2.45) is 0 Å². The average Bonchev–Trinajstić information content (AvgIpc) is 2.35. The summed E-state index contributed by atoms with van der Waals surface area (Å²) in [7, 11) is 1.24. The molecule has 88 valence electrons. The number of rotatable bonds is 3. The lowest BCUT2D eigenvalue weighted by molar-refractivity contribution is 0.0600.